The summed E-state index contributed by atoms with van der Waals surface area (Å²) in [5.41, 5.74) is 6.06. The third-order valence-electron chi connectivity index (χ3n) is 7.06. The van der Waals surface area contributed by atoms with Crippen LogP contribution < -0.4 is 10.1 Å². The molecule has 0 bridgehead atoms. The van der Waals surface area contributed by atoms with Crippen LogP contribution in [0.15, 0.2) is 48.8 Å². The minimum Gasteiger partial charge on any atom is -0.497 e. The lowest BCUT2D eigenvalue weighted by Crippen LogP contribution is -2.32. The van der Waals surface area contributed by atoms with Gasteiger partial charge in [-0.15, -0.1) is 0 Å². The second kappa shape index (κ2) is 10.4. The molecule has 1 aromatic heterocycles. The molecule has 1 aliphatic rings. The Balaban J connectivity index is 1.53. The Labute approximate surface area is 202 Å². The molecule has 6 heteroatoms. The van der Waals surface area contributed by atoms with Crippen molar-refractivity contribution >= 4 is 5.91 Å². The van der Waals surface area contributed by atoms with Crippen LogP contribution in [0, 0.1) is 6.92 Å². The molecule has 0 unspecified atom stereocenters. The molecule has 1 fully saturated rings. The number of carbonyl (C=O) groups excluding carboxylic acids is 1. The summed E-state index contributed by atoms with van der Waals surface area (Å²) in [7, 11) is 3.56. The lowest BCUT2D eigenvalue weighted by molar-refractivity contribution is 0.0939. The van der Waals surface area contributed by atoms with Crippen molar-refractivity contribution in [1.82, 2.24) is 20.0 Å². The van der Waals surface area contributed by atoms with Gasteiger partial charge in [-0.1, -0.05) is 19.1 Å². The van der Waals surface area contributed by atoms with E-state index in [1.807, 2.05) is 45.4 Å². The standard InChI is InChI=1S/C28H36N4O2/c1-6-32-11-9-21(10-12-32)22-8-7-19(2)27(16-22)28(33)30-20(3)23-13-24(15-26(14-23)34-5)25-17-29-31(4)18-25/h7-8,13-18,20-21H,6,9-12H2,1-5H3,(H,30,33)/t20-/m1/s1. The van der Waals surface area contributed by atoms with Gasteiger partial charge in [0.1, 0.15) is 5.75 Å². The summed E-state index contributed by atoms with van der Waals surface area (Å²) in [5, 5.41) is 7.49. The van der Waals surface area contributed by atoms with Gasteiger partial charge in [-0.3, -0.25) is 9.48 Å². The largest absolute Gasteiger partial charge is 0.497 e. The summed E-state index contributed by atoms with van der Waals surface area (Å²) in [4.78, 5) is 15.8. The summed E-state index contributed by atoms with van der Waals surface area (Å²) in [6.07, 6.45) is 6.11. The van der Waals surface area contributed by atoms with Gasteiger partial charge >= 0.3 is 0 Å². The molecule has 1 saturated heterocycles. The van der Waals surface area contributed by atoms with Crippen LogP contribution in [0.1, 0.15) is 65.7 Å². The van der Waals surface area contributed by atoms with E-state index in [0.29, 0.717) is 5.92 Å². The molecule has 6 nitrogen and oxygen atoms in total. The number of hydrogen-bond donors (Lipinski definition) is 1. The molecule has 34 heavy (non-hydrogen) atoms. The number of methoxy groups -OCH3 is 1. The zero-order valence-electron chi connectivity index (χ0n) is 21.0. The third-order valence-corrected chi connectivity index (χ3v) is 7.06. The van der Waals surface area contributed by atoms with Crippen molar-refractivity contribution in [2.75, 3.05) is 26.7 Å². The molecule has 0 saturated carbocycles. The lowest BCUT2D eigenvalue weighted by atomic mass is 9.87. The van der Waals surface area contributed by atoms with E-state index in [2.05, 4.69) is 46.5 Å². The molecule has 4 rings (SSSR count). The first-order valence-electron chi connectivity index (χ1n) is 12.2. The third kappa shape index (κ3) is 5.33. The molecule has 180 valence electrons. The maximum atomic E-state index is 13.3. The summed E-state index contributed by atoms with van der Waals surface area (Å²) in [5.74, 6) is 1.24. The van der Waals surface area contributed by atoms with Crippen molar-refractivity contribution in [3.8, 4) is 16.9 Å². The van der Waals surface area contributed by atoms with Crippen LogP contribution in [0.5, 0.6) is 5.75 Å². The molecule has 0 radical (unpaired) electrons. The van der Waals surface area contributed by atoms with Crippen molar-refractivity contribution < 1.29 is 9.53 Å². The minimum absolute atomic E-state index is 0.0383. The van der Waals surface area contributed by atoms with E-state index < -0.39 is 0 Å². The van der Waals surface area contributed by atoms with E-state index in [0.717, 1.165) is 66.0 Å². The number of rotatable bonds is 7. The minimum atomic E-state index is -0.172. The smallest absolute Gasteiger partial charge is 0.252 e. The Hall–Kier alpha value is -3.12. The van der Waals surface area contributed by atoms with Gasteiger partial charge in [-0.2, -0.15) is 5.10 Å². The van der Waals surface area contributed by atoms with Gasteiger partial charge in [0.25, 0.3) is 5.91 Å². The number of aryl methyl sites for hydroxylation is 2. The van der Waals surface area contributed by atoms with Gasteiger partial charge < -0.3 is 15.0 Å². The number of benzene rings is 2. The van der Waals surface area contributed by atoms with Crippen molar-refractivity contribution in [3.05, 3.63) is 71.0 Å². The molecular weight excluding hydrogens is 424 g/mol. The van der Waals surface area contributed by atoms with E-state index in [1.54, 1.807) is 11.8 Å². The van der Waals surface area contributed by atoms with E-state index in [-0.39, 0.29) is 11.9 Å². The molecule has 2 aromatic carbocycles. The van der Waals surface area contributed by atoms with Crippen LogP contribution in [0.4, 0.5) is 0 Å². The first-order chi connectivity index (χ1) is 16.4. The van der Waals surface area contributed by atoms with Gasteiger partial charge in [0.15, 0.2) is 0 Å². The number of likely N-dealkylation sites (tertiary alicyclic amines) is 1. The fourth-order valence-electron chi connectivity index (χ4n) is 4.81. The molecule has 1 N–H and O–H groups in total. The second-order valence-corrected chi connectivity index (χ2v) is 9.38. The Morgan fingerprint density at radius 3 is 2.59 bits per heavy atom. The Kier molecular flexibility index (Phi) is 7.37. The summed E-state index contributed by atoms with van der Waals surface area (Å²) in [6, 6.07) is 12.3. The highest BCUT2D eigenvalue weighted by Gasteiger charge is 2.22. The number of carbonyl (C=O) groups is 1. The van der Waals surface area contributed by atoms with Crippen molar-refractivity contribution in [3.63, 3.8) is 0 Å². The first kappa shape index (κ1) is 24.0. The number of ether oxygens (including phenoxy) is 1. The van der Waals surface area contributed by atoms with Crippen LogP contribution in [0.2, 0.25) is 0 Å². The molecule has 0 spiro atoms. The highest BCUT2D eigenvalue weighted by molar-refractivity contribution is 5.96. The SMILES string of the molecule is CCN1CCC(c2ccc(C)c(C(=O)N[C@H](C)c3cc(OC)cc(-c4cnn(C)c4)c3)c2)CC1. The molecule has 1 aliphatic heterocycles. The Bertz CT molecular complexity index is 1150. The number of nitrogens with one attached hydrogen (secondary N) is 1. The summed E-state index contributed by atoms with van der Waals surface area (Å²) >= 11 is 0. The summed E-state index contributed by atoms with van der Waals surface area (Å²) in [6.45, 7) is 9.61. The predicted octanol–water partition coefficient (Wildman–Crippen LogP) is 5.09. The molecular formula is C28H36N4O2. The van der Waals surface area contributed by atoms with Crippen LogP contribution >= 0.6 is 0 Å². The van der Waals surface area contributed by atoms with Gasteiger partial charge in [0.2, 0.25) is 0 Å². The van der Waals surface area contributed by atoms with Crippen LogP contribution in [-0.2, 0) is 7.05 Å². The van der Waals surface area contributed by atoms with E-state index in [1.165, 1.54) is 5.56 Å². The second-order valence-electron chi connectivity index (χ2n) is 9.38. The maximum absolute atomic E-state index is 13.3. The number of nitrogens with zero attached hydrogens (tertiary/aromatic N) is 3. The first-order valence-corrected chi connectivity index (χ1v) is 12.2. The van der Waals surface area contributed by atoms with Crippen LogP contribution in [-0.4, -0.2) is 47.3 Å². The normalized spacial score (nSPS) is 15.8. The molecule has 1 amide bonds. The van der Waals surface area contributed by atoms with Crippen molar-refractivity contribution in [2.24, 2.45) is 7.05 Å². The van der Waals surface area contributed by atoms with Gasteiger partial charge in [-0.05, 0) is 98.8 Å². The van der Waals surface area contributed by atoms with E-state index >= 15 is 0 Å². The number of amides is 1. The number of piperidine rings is 1. The average molecular weight is 461 g/mol. The number of hydrogen-bond acceptors (Lipinski definition) is 4. The van der Waals surface area contributed by atoms with Crippen molar-refractivity contribution in [2.45, 2.75) is 45.6 Å². The van der Waals surface area contributed by atoms with Crippen molar-refractivity contribution in [1.29, 1.82) is 0 Å². The van der Waals surface area contributed by atoms with Gasteiger partial charge in [0.05, 0.1) is 19.3 Å². The number of aromatic nitrogens is 2. The Morgan fingerprint density at radius 2 is 1.94 bits per heavy atom. The fourth-order valence-corrected chi connectivity index (χ4v) is 4.81. The molecule has 1 atom stereocenters. The van der Waals surface area contributed by atoms with Gasteiger partial charge in [-0.25, -0.2) is 0 Å². The molecule has 2 heterocycles. The molecule has 3 aromatic rings. The van der Waals surface area contributed by atoms with Gasteiger partial charge in [0, 0.05) is 24.4 Å². The van der Waals surface area contributed by atoms with E-state index in [4.69, 9.17) is 4.74 Å². The monoisotopic (exact) mass is 460 g/mol. The summed E-state index contributed by atoms with van der Waals surface area (Å²) < 4.78 is 7.32. The zero-order valence-corrected chi connectivity index (χ0v) is 21.0. The quantitative estimate of drug-likeness (QED) is 0.533. The Morgan fingerprint density at radius 1 is 1.18 bits per heavy atom. The van der Waals surface area contributed by atoms with E-state index in [9.17, 15) is 4.79 Å². The van der Waals surface area contributed by atoms with Crippen LogP contribution in [0.25, 0.3) is 11.1 Å². The average Bonchev–Trinajstić information content (AvgIpc) is 3.30. The lowest BCUT2D eigenvalue weighted by Gasteiger charge is -2.31. The highest BCUT2D eigenvalue weighted by atomic mass is 16.5. The highest BCUT2D eigenvalue weighted by Crippen LogP contribution is 2.31. The maximum Gasteiger partial charge on any atom is 0.252 e. The fraction of sp³-hybridized carbons (Fsp3) is 0.429. The topological polar surface area (TPSA) is 59.4 Å². The molecule has 0 aliphatic carbocycles. The zero-order chi connectivity index (χ0) is 24.2. The van der Waals surface area contributed by atoms with Crippen LogP contribution in [0.3, 0.4) is 0 Å². The predicted molar refractivity (Wildman–Crippen MR) is 136 cm³/mol.